The summed E-state index contributed by atoms with van der Waals surface area (Å²) in [7, 11) is 0. The van der Waals surface area contributed by atoms with Crippen LogP contribution >= 0.6 is 0 Å². The molecule has 4 heteroatoms. The molecule has 2 unspecified atom stereocenters. The summed E-state index contributed by atoms with van der Waals surface area (Å²) in [5, 5.41) is 0. The quantitative estimate of drug-likeness (QED) is 0.836. The van der Waals surface area contributed by atoms with E-state index >= 15 is 0 Å². The molecule has 1 aliphatic heterocycles. The summed E-state index contributed by atoms with van der Waals surface area (Å²) in [4.78, 5) is 25.1. The summed E-state index contributed by atoms with van der Waals surface area (Å²) in [6, 6.07) is -0.689. The van der Waals surface area contributed by atoms with Crippen LogP contribution in [-0.4, -0.2) is 35.2 Å². The SMILES string of the molecule is CC.CC(=O)C1CCCN1C(=O)C(N)CC(C)C. The Morgan fingerprint density at radius 3 is 2.33 bits per heavy atom. The van der Waals surface area contributed by atoms with Crippen LogP contribution < -0.4 is 5.73 Å². The van der Waals surface area contributed by atoms with E-state index in [1.54, 1.807) is 11.8 Å². The van der Waals surface area contributed by atoms with Crippen molar-refractivity contribution in [3.63, 3.8) is 0 Å². The van der Waals surface area contributed by atoms with E-state index in [-0.39, 0.29) is 17.7 Å². The van der Waals surface area contributed by atoms with Crippen molar-refractivity contribution in [1.82, 2.24) is 4.90 Å². The molecule has 1 heterocycles. The van der Waals surface area contributed by atoms with Crippen LogP contribution in [0.5, 0.6) is 0 Å². The highest BCUT2D eigenvalue weighted by molar-refractivity contribution is 5.90. The van der Waals surface area contributed by atoms with Gasteiger partial charge in [0.25, 0.3) is 0 Å². The summed E-state index contributed by atoms with van der Waals surface area (Å²) in [5.41, 5.74) is 5.86. The molecule has 1 fully saturated rings. The Morgan fingerprint density at radius 2 is 1.89 bits per heavy atom. The van der Waals surface area contributed by atoms with Gasteiger partial charge in [-0.25, -0.2) is 0 Å². The second kappa shape index (κ2) is 8.25. The lowest BCUT2D eigenvalue weighted by Crippen LogP contribution is -2.48. The van der Waals surface area contributed by atoms with E-state index in [4.69, 9.17) is 5.73 Å². The molecule has 18 heavy (non-hydrogen) atoms. The van der Waals surface area contributed by atoms with Gasteiger partial charge in [-0.2, -0.15) is 0 Å². The molecular weight excluding hydrogens is 228 g/mol. The third-order valence-electron chi connectivity index (χ3n) is 3.05. The Bertz CT molecular complexity index is 277. The Balaban J connectivity index is 0.00000137. The van der Waals surface area contributed by atoms with Crippen LogP contribution in [0.3, 0.4) is 0 Å². The number of carbonyl (C=O) groups is 2. The van der Waals surface area contributed by atoms with Gasteiger partial charge in [0.1, 0.15) is 0 Å². The van der Waals surface area contributed by atoms with Crippen molar-refractivity contribution in [2.45, 2.75) is 66.0 Å². The highest BCUT2D eigenvalue weighted by Crippen LogP contribution is 2.19. The van der Waals surface area contributed by atoms with Gasteiger partial charge in [-0.15, -0.1) is 0 Å². The van der Waals surface area contributed by atoms with E-state index in [1.807, 2.05) is 27.7 Å². The van der Waals surface area contributed by atoms with Crippen molar-refractivity contribution >= 4 is 11.7 Å². The van der Waals surface area contributed by atoms with Crippen LogP contribution in [0.25, 0.3) is 0 Å². The molecule has 0 spiro atoms. The van der Waals surface area contributed by atoms with E-state index in [0.717, 1.165) is 12.8 Å². The van der Waals surface area contributed by atoms with Gasteiger partial charge in [0.2, 0.25) is 5.91 Å². The molecule has 0 aliphatic carbocycles. The molecule has 4 nitrogen and oxygen atoms in total. The van der Waals surface area contributed by atoms with E-state index in [0.29, 0.717) is 18.9 Å². The lowest BCUT2D eigenvalue weighted by atomic mass is 10.0. The first-order chi connectivity index (χ1) is 8.43. The van der Waals surface area contributed by atoms with Crippen molar-refractivity contribution in [2.75, 3.05) is 6.54 Å². The minimum Gasteiger partial charge on any atom is -0.331 e. The normalized spacial score (nSPS) is 20.4. The summed E-state index contributed by atoms with van der Waals surface area (Å²) < 4.78 is 0. The third kappa shape index (κ3) is 4.77. The average molecular weight is 256 g/mol. The number of likely N-dealkylation sites (tertiary alicyclic amines) is 1. The van der Waals surface area contributed by atoms with Crippen LogP contribution in [0.4, 0.5) is 0 Å². The molecule has 0 bridgehead atoms. The number of hydrogen-bond donors (Lipinski definition) is 1. The molecule has 0 saturated carbocycles. The van der Waals surface area contributed by atoms with Gasteiger partial charge < -0.3 is 10.6 Å². The monoisotopic (exact) mass is 256 g/mol. The minimum atomic E-state index is -0.458. The van der Waals surface area contributed by atoms with Gasteiger partial charge in [0.05, 0.1) is 12.1 Å². The number of rotatable bonds is 4. The zero-order valence-corrected chi connectivity index (χ0v) is 12.4. The van der Waals surface area contributed by atoms with E-state index < -0.39 is 6.04 Å². The van der Waals surface area contributed by atoms with Gasteiger partial charge >= 0.3 is 0 Å². The molecule has 1 aliphatic rings. The summed E-state index contributed by atoms with van der Waals surface area (Å²) in [6.07, 6.45) is 2.37. The standard InChI is InChI=1S/C12H22N2O2.C2H6/c1-8(2)7-10(13)12(16)14-6-4-5-11(14)9(3)15;1-2/h8,10-11H,4-7,13H2,1-3H3;1-2H3. The van der Waals surface area contributed by atoms with Gasteiger partial charge in [-0.1, -0.05) is 27.7 Å². The number of amides is 1. The Hall–Kier alpha value is -0.900. The van der Waals surface area contributed by atoms with Crippen LogP contribution in [-0.2, 0) is 9.59 Å². The molecule has 1 amide bonds. The molecule has 1 saturated heterocycles. The number of ketones is 1. The highest BCUT2D eigenvalue weighted by Gasteiger charge is 2.34. The number of carbonyl (C=O) groups excluding carboxylic acids is 2. The Labute approximate surface area is 111 Å². The Kier molecular flexibility index (Phi) is 7.83. The zero-order valence-electron chi connectivity index (χ0n) is 12.4. The van der Waals surface area contributed by atoms with Crippen molar-refractivity contribution < 1.29 is 9.59 Å². The van der Waals surface area contributed by atoms with Gasteiger partial charge in [-0.3, -0.25) is 9.59 Å². The molecule has 0 radical (unpaired) electrons. The van der Waals surface area contributed by atoms with Crippen molar-refractivity contribution in [3.05, 3.63) is 0 Å². The maximum absolute atomic E-state index is 12.0. The van der Waals surface area contributed by atoms with Crippen LogP contribution in [0.2, 0.25) is 0 Å². The van der Waals surface area contributed by atoms with Crippen LogP contribution in [0, 0.1) is 5.92 Å². The second-order valence-corrected chi connectivity index (χ2v) is 5.04. The number of hydrogen-bond acceptors (Lipinski definition) is 3. The predicted molar refractivity (Wildman–Crippen MR) is 74.2 cm³/mol. The van der Waals surface area contributed by atoms with E-state index in [9.17, 15) is 9.59 Å². The number of nitrogens with zero attached hydrogens (tertiary/aromatic N) is 1. The molecule has 106 valence electrons. The summed E-state index contributed by atoms with van der Waals surface area (Å²) in [5.74, 6) is 0.409. The Morgan fingerprint density at radius 1 is 1.33 bits per heavy atom. The lowest BCUT2D eigenvalue weighted by Gasteiger charge is -2.26. The molecule has 0 aromatic carbocycles. The minimum absolute atomic E-state index is 0.0635. The molecule has 2 atom stereocenters. The van der Waals surface area contributed by atoms with Crippen molar-refractivity contribution in [1.29, 1.82) is 0 Å². The smallest absolute Gasteiger partial charge is 0.240 e. The number of nitrogens with two attached hydrogens (primary N) is 1. The molecule has 2 N–H and O–H groups in total. The molecular formula is C14H28N2O2. The van der Waals surface area contributed by atoms with Gasteiger partial charge in [0.15, 0.2) is 5.78 Å². The summed E-state index contributed by atoms with van der Waals surface area (Å²) in [6.45, 7) is 10.3. The molecule has 0 aromatic heterocycles. The number of Topliss-reactive ketones (excluding diaryl/α,β-unsaturated/α-hetero) is 1. The topological polar surface area (TPSA) is 63.4 Å². The van der Waals surface area contributed by atoms with Crippen molar-refractivity contribution in [2.24, 2.45) is 11.7 Å². The first-order valence-corrected chi connectivity index (χ1v) is 7.00. The zero-order chi connectivity index (χ0) is 14.3. The predicted octanol–water partition coefficient (Wildman–Crippen LogP) is 1.97. The van der Waals surface area contributed by atoms with Gasteiger partial charge in [0, 0.05) is 6.54 Å². The fraction of sp³-hybridized carbons (Fsp3) is 0.857. The first kappa shape index (κ1) is 17.1. The largest absolute Gasteiger partial charge is 0.331 e. The second-order valence-electron chi connectivity index (χ2n) is 5.04. The third-order valence-corrected chi connectivity index (χ3v) is 3.05. The van der Waals surface area contributed by atoms with E-state index in [2.05, 4.69) is 0 Å². The van der Waals surface area contributed by atoms with E-state index in [1.165, 1.54) is 0 Å². The lowest BCUT2D eigenvalue weighted by molar-refractivity contribution is -0.138. The maximum atomic E-state index is 12.0. The maximum Gasteiger partial charge on any atom is 0.240 e. The average Bonchev–Trinajstić information content (AvgIpc) is 2.78. The van der Waals surface area contributed by atoms with Gasteiger partial charge in [-0.05, 0) is 32.1 Å². The first-order valence-electron chi connectivity index (χ1n) is 7.00. The fourth-order valence-corrected chi connectivity index (χ4v) is 2.27. The van der Waals surface area contributed by atoms with Crippen LogP contribution in [0.15, 0.2) is 0 Å². The van der Waals surface area contributed by atoms with Crippen LogP contribution in [0.1, 0.15) is 53.9 Å². The molecule has 1 rings (SSSR count). The fourth-order valence-electron chi connectivity index (χ4n) is 2.27. The summed E-state index contributed by atoms with van der Waals surface area (Å²) >= 11 is 0. The van der Waals surface area contributed by atoms with Crippen molar-refractivity contribution in [3.8, 4) is 0 Å². The highest BCUT2D eigenvalue weighted by atomic mass is 16.2. The molecule has 0 aromatic rings.